The number of hydrogen-bond acceptors (Lipinski definition) is 4. The van der Waals surface area contributed by atoms with Crippen molar-refractivity contribution in [2.24, 2.45) is 11.3 Å². The van der Waals surface area contributed by atoms with Crippen LogP contribution in [0.4, 0.5) is 4.79 Å². The summed E-state index contributed by atoms with van der Waals surface area (Å²) in [5, 5.41) is 6.31. The Labute approximate surface area is 126 Å². The number of hydrogen-bond donors (Lipinski definition) is 2. The molecule has 0 aliphatic carbocycles. The molecule has 1 unspecified atom stereocenters. The van der Waals surface area contributed by atoms with Gasteiger partial charge >= 0.3 is 6.03 Å². The largest absolute Gasteiger partial charge is 0.338 e. The van der Waals surface area contributed by atoms with Crippen LogP contribution in [0.2, 0.25) is 0 Å². The Morgan fingerprint density at radius 1 is 1.29 bits per heavy atom. The third-order valence-corrected chi connectivity index (χ3v) is 7.10. The lowest BCUT2D eigenvalue weighted by atomic mass is 9.78. The fraction of sp³-hybridized carbons (Fsp3) is 0.929. The van der Waals surface area contributed by atoms with Crippen molar-refractivity contribution >= 4 is 15.9 Å². The van der Waals surface area contributed by atoms with Gasteiger partial charge in [0, 0.05) is 19.6 Å². The Balaban J connectivity index is 1.46. The van der Waals surface area contributed by atoms with Crippen LogP contribution in [-0.2, 0) is 9.84 Å². The SMILES string of the molecule is O=C(NCC1CCS(=O)(=O)C1)N1CCC2(CCNCC2)C1. The van der Waals surface area contributed by atoms with E-state index >= 15 is 0 Å². The molecule has 2 N–H and O–H groups in total. The summed E-state index contributed by atoms with van der Waals surface area (Å²) < 4.78 is 22.8. The average Bonchev–Trinajstić information content (AvgIpc) is 3.01. The van der Waals surface area contributed by atoms with Gasteiger partial charge in [0.2, 0.25) is 0 Å². The van der Waals surface area contributed by atoms with Gasteiger partial charge in [0.1, 0.15) is 0 Å². The number of amides is 2. The van der Waals surface area contributed by atoms with Crippen molar-refractivity contribution in [1.29, 1.82) is 0 Å². The summed E-state index contributed by atoms with van der Waals surface area (Å²) in [4.78, 5) is 14.2. The molecule has 6 nitrogen and oxygen atoms in total. The number of likely N-dealkylation sites (tertiary alicyclic amines) is 1. The second kappa shape index (κ2) is 5.76. The van der Waals surface area contributed by atoms with E-state index < -0.39 is 9.84 Å². The second-order valence-electron chi connectivity index (χ2n) is 6.88. The van der Waals surface area contributed by atoms with Gasteiger partial charge in [-0.2, -0.15) is 0 Å². The standard InChI is InChI=1S/C14H25N3O3S/c18-13(16-9-12-1-8-21(19,20)10-12)17-7-4-14(11-17)2-5-15-6-3-14/h12,15H,1-11H2,(H,16,18). The molecule has 3 rings (SSSR count). The van der Waals surface area contributed by atoms with Gasteiger partial charge in [-0.15, -0.1) is 0 Å². The lowest BCUT2D eigenvalue weighted by Gasteiger charge is -2.33. The fourth-order valence-electron chi connectivity index (χ4n) is 3.85. The van der Waals surface area contributed by atoms with E-state index in [1.165, 1.54) is 0 Å². The minimum absolute atomic E-state index is 0.0188. The van der Waals surface area contributed by atoms with Crippen LogP contribution in [0, 0.1) is 11.3 Å². The molecule has 21 heavy (non-hydrogen) atoms. The molecule has 0 bridgehead atoms. The van der Waals surface area contributed by atoms with Crippen LogP contribution in [-0.4, -0.2) is 63.6 Å². The van der Waals surface area contributed by atoms with E-state index in [-0.39, 0.29) is 23.5 Å². The number of nitrogens with zero attached hydrogens (tertiary/aromatic N) is 1. The first kappa shape index (κ1) is 15.1. The molecule has 0 aromatic carbocycles. The van der Waals surface area contributed by atoms with E-state index in [0.717, 1.165) is 45.4 Å². The first-order valence-corrected chi connectivity index (χ1v) is 9.74. The quantitative estimate of drug-likeness (QED) is 0.763. The Hall–Kier alpha value is -0.820. The van der Waals surface area contributed by atoms with Gasteiger partial charge in [-0.05, 0) is 50.1 Å². The van der Waals surface area contributed by atoms with Crippen molar-refractivity contribution in [3.63, 3.8) is 0 Å². The number of sulfone groups is 1. The van der Waals surface area contributed by atoms with Gasteiger partial charge in [-0.3, -0.25) is 0 Å². The van der Waals surface area contributed by atoms with Gasteiger partial charge in [0.25, 0.3) is 0 Å². The first-order valence-electron chi connectivity index (χ1n) is 7.92. The Morgan fingerprint density at radius 2 is 2.05 bits per heavy atom. The van der Waals surface area contributed by atoms with E-state index in [4.69, 9.17) is 0 Å². The Kier molecular flexibility index (Phi) is 4.14. The topological polar surface area (TPSA) is 78.5 Å². The molecule has 120 valence electrons. The lowest BCUT2D eigenvalue weighted by Crippen LogP contribution is -2.43. The molecule has 3 aliphatic heterocycles. The molecular formula is C14H25N3O3S. The molecule has 1 atom stereocenters. The third kappa shape index (κ3) is 3.51. The highest BCUT2D eigenvalue weighted by molar-refractivity contribution is 7.91. The van der Waals surface area contributed by atoms with Crippen LogP contribution >= 0.6 is 0 Å². The molecule has 3 aliphatic rings. The predicted molar refractivity (Wildman–Crippen MR) is 80.9 cm³/mol. The third-order valence-electron chi connectivity index (χ3n) is 5.26. The van der Waals surface area contributed by atoms with Crippen molar-refractivity contribution in [3.05, 3.63) is 0 Å². The molecule has 0 aromatic heterocycles. The van der Waals surface area contributed by atoms with Crippen molar-refractivity contribution in [2.75, 3.05) is 44.2 Å². The summed E-state index contributed by atoms with van der Waals surface area (Å²) in [5.74, 6) is 0.588. The van der Waals surface area contributed by atoms with Crippen LogP contribution in [0.5, 0.6) is 0 Å². The van der Waals surface area contributed by atoms with Crippen LogP contribution < -0.4 is 10.6 Å². The molecule has 3 fully saturated rings. The molecule has 3 saturated heterocycles. The van der Waals surface area contributed by atoms with Gasteiger partial charge < -0.3 is 15.5 Å². The molecule has 0 aromatic rings. The van der Waals surface area contributed by atoms with E-state index in [9.17, 15) is 13.2 Å². The number of carbonyl (C=O) groups excluding carboxylic acids is 1. The zero-order valence-corrected chi connectivity index (χ0v) is 13.3. The van der Waals surface area contributed by atoms with Crippen molar-refractivity contribution < 1.29 is 13.2 Å². The molecule has 0 saturated carbocycles. The Morgan fingerprint density at radius 3 is 2.71 bits per heavy atom. The molecule has 7 heteroatoms. The fourth-order valence-corrected chi connectivity index (χ4v) is 5.71. The first-order chi connectivity index (χ1) is 9.98. The smallest absolute Gasteiger partial charge is 0.317 e. The van der Waals surface area contributed by atoms with E-state index in [1.807, 2.05) is 4.90 Å². The van der Waals surface area contributed by atoms with E-state index in [0.29, 0.717) is 18.4 Å². The lowest BCUT2D eigenvalue weighted by molar-refractivity contribution is 0.182. The molecule has 1 spiro atoms. The molecular weight excluding hydrogens is 290 g/mol. The predicted octanol–water partition coefficient (Wildman–Crippen LogP) is 0.206. The maximum atomic E-state index is 12.2. The summed E-state index contributed by atoms with van der Waals surface area (Å²) in [6.07, 6.45) is 4.08. The molecule has 0 radical (unpaired) electrons. The number of rotatable bonds is 2. The number of piperidine rings is 1. The van der Waals surface area contributed by atoms with Crippen molar-refractivity contribution in [1.82, 2.24) is 15.5 Å². The maximum absolute atomic E-state index is 12.2. The zero-order chi connectivity index (χ0) is 14.9. The van der Waals surface area contributed by atoms with Crippen LogP contribution in [0.15, 0.2) is 0 Å². The summed E-state index contributed by atoms with van der Waals surface area (Å²) in [7, 11) is -2.86. The summed E-state index contributed by atoms with van der Waals surface area (Å²) in [6.45, 7) is 4.27. The van der Waals surface area contributed by atoms with E-state index in [1.54, 1.807) is 0 Å². The average molecular weight is 315 g/mol. The Bertz CT molecular complexity index is 500. The van der Waals surface area contributed by atoms with Gasteiger partial charge in [0.15, 0.2) is 9.84 Å². The summed E-state index contributed by atoms with van der Waals surface area (Å²) in [6, 6.07) is -0.0188. The maximum Gasteiger partial charge on any atom is 0.317 e. The van der Waals surface area contributed by atoms with Gasteiger partial charge in [-0.25, -0.2) is 13.2 Å². The number of carbonyl (C=O) groups is 1. The van der Waals surface area contributed by atoms with Gasteiger partial charge in [-0.1, -0.05) is 0 Å². The molecule has 2 amide bonds. The monoisotopic (exact) mass is 315 g/mol. The normalized spacial score (nSPS) is 30.7. The van der Waals surface area contributed by atoms with E-state index in [2.05, 4.69) is 10.6 Å². The van der Waals surface area contributed by atoms with Crippen molar-refractivity contribution in [3.8, 4) is 0 Å². The van der Waals surface area contributed by atoms with Crippen molar-refractivity contribution in [2.45, 2.75) is 25.7 Å². The molecule has 3 heterocycles. The van der Waals surface area contributed by atoms with Crippen LogP contribution in [0.1, 0.15) is 25.7 Å². The van der Waals surface area contributed by atoms with Crippen LogP contribution in [0.3, 0.4) is 0 Å². The zero-order valence-electron chi connectivity index (χ0n) is 12.4. The number of urea groups is 1. The van der Waals surface area contributed by atoms with Gasteiger partial charge in [0.05, 0.1) is 11.5 Å². The summed E-state index contributed by atoms with van der Waals surface area (Å²) >= 11 is 0. The number of nitrogens with one attached hydrogen (secondary N) is 2. The summed E-state index contributed by atoms with van der Waals surface area (Å²) in [5.41, 5.74) is 0.319. The van der Waals surface area contributed by atoms with Crippen LogP contribution in [0.25, 0.3) is 0 Å². The highest BCUT2D eigenvalue weighted by Gasteiger charge is 2.40. The highest BCUT2D eigenvalue weighted by atomic mass is 32.2. The minimum Gasteiger partial charge on any atom is -0.338 e. The second-order valence-corrected chi connectivity index (χ2v) is 9.11. The minimum atomic E-state index is -2.86. The highest BCUT2D eigenvalue weighted by Crippen LogP contribution is 2.38.